The second kappa shape index (κ2) is 5.52. The Morgan fingerprint density at radius 2 is 2.04 bits per heavy atom. The molecule has 1 aromatic carbocycles. The number of amides is 1. The van der Waals surface area contributed by atoms with E-state index in [1.807, 2.05) is 0 Å². The standard InChI is InChI=1S/C19H26N2O2/c1-14(2)17-13-23-19-10-11-20(16-6-4-3-5-7-16)12-15(19)8-9-18(22)21(17)19/h3-7,14-15,17H,8-13H2,1-2H3/t15-,17-,19-/m1/s1. The number of hydrogen-bond donors (Lipinski definition) is 0. The SMILES string of the molecule is CC(C)[C@H]1CO[C@]23CCN(c4ccccc4)C[C@H]2CCC(=O)N13. The highest BCUT2D eigenvalue weighted by Gasteiger charge is 2.59. The van der Waals surface area contributed by atoms with E-state index >= 15 is 0 Å². The molecule has 1 spiro atoms. The van der Waals surface area contributed by atoms with Gasteiger partial charge in [-0.25, -0.2) is 0 Å². The Labute approximate surface area is 138 Å². The molecule has 0 unspecified atom stereocenters. The van der Waals surface area contributed by atoms with Crippen LogP contribution < -0.4 is 4.90 Å². The molecule has 0 saturated carbocycles. The molecule has 0 N–H and O–H groups in total. The fourth-order valence-electron chi connectivity index (χ4n) is 4.66. The zero-order valence-corrected chi connectivity index (χ0v) is 14.1. The van der Waals surface area contributed by atoms with Crippen molar-refractivity contribution in [3.63, 3.8) is 0 Å². The monoisotopic (exact) mass is 314 g/mol. The summed E-state index contributed by atoms with van der Waals surface area (Å²) in [7, 11) is 0. The Balaban J connectivity index is 1.61. The molecule has 4 heteroatoms. The molecular weight excluding hydrogens is 288 g/mol. The lowest BCUT2D eigenvalue weighted by Gasteiger charge is -2.53. The molecule has 3 aliphatic rings. The lowest BCUT2D eigenvalue weighted by atomic mass is 9.79. The zero-order chi connectivity index (χ0) is 16.0. The number of carbonyl (C=O) groups excluding carboxylic acids is 1. The van der Waals surface area contributed by atoms with Crippen LogP contribution in [0.3, 0.4) is 0 Å². The van der Waals surface area contributed by atoms with Crippen LogP contribution in [0.2, 0.25) is 0 Å². The van der Waals surface area contributed by atoms with Crippen LogP contribution >= 0.6 is 0 Å². The Hall–Kier alpha value is -1.55. The summed E-state index contributed by atoms with van der Waals surface area (Å²) in [5.41, 5.74) is 0.944. The summed E-state index contributed by atoms with van der Waals surface area (Å²) in [5.74, 6) is 1.16. The molecule has 0 bridgehead atoms. The second-order valence-corrected chi connectivity index (χ2v) is 7.50. The molecule has 0 radical (unpaired) electrons. The third kappa shape index (κ3) is 2.26. The molecule has 3 saturated heterocycles. The predicted molar refractivity (Wildman–Crippen MR) is 90.2 cm³/mol. The lowest BCUT2D eigenvalue weighted by molar-refractivity contribution is -0.181. The number of rotatable bonds is 2. The highest BCUT2D eigenvalue weighted by Crippen LogP contribution is 2.47. The summed E-state index contributed by atoms with van der Waals surface area (Å²) in [5, 5.41) is 0. The van der Waals surface area contributed by atoms with Gasteiger partial charge in [-0.05, 0) is 24.5 Å². The van der Waals surface area contributed by atoms with Crippen molar-refractivity contribution in [2.75, 3.05) is 24.6 Å². The van der Waals surface area contributed by atoms with Crippen LogP contribution in [-0.2, 0) is 9.53 Å². The molecule has 3 heterocycles. The van der Waals surface area contributed by atoms with Crippen molar-refractivity contribution in [1.29, 1.82) is 0 Å². The van der Waals surface area contributed by atoms with Crippen LogP contribution in [0.5, 0.6) is 0 Å². The number of benzene rings is 1. The van der Waals surface area contributed by atoms with Crippen LogP contribution in [0.25, 0.3) is 0 Å². The fourth-order valence-corrected chi connectivity index (χ4v) is 4.66. The van der Waals surface area contributed by atoms with Crippen molar-refractivity contribution >= 4 is 11.6 Å². The van der Waals surface area contributed by atoms with Gasteiger partial charge in [0.05, 0.1) is 12.6 Å². The van der Waals surface area contributed by atoms with Crippen LogP contribution in [0.4, 0.5) is 5.69 Å². The molecule has 0 aromatic heterocycles. The normalized spacial score (nSPS) is 33.8. The second-order valence-electron chi connectivity index (χ2n) is 7.50. The molecule has 1 amide bonds. The van der Waals surface area contributed by atoms with Gasteiger partial charge in [-0.1, -0.05) is 32.0 Å². The Bertz CT molecular complexity index is 588. The first-order chi connectivity index (χ1) is 11.1. The highest BCUT2D eigenvalue weighted by atomic mass is 16.5. The molecule has 4 rings (SSSR count). The van der Waals surface area contributed by atoms with E-state index < -0.39 is 0 Å². The van der Waals surface area contributed by atoms with Gasteiger partial charge in [0.15, 0.2) is 0 Å². The molecule has 4 nitrogen and oxygen atoms in total. The van der Waals surface area contributed by atoms with Crippen molar-refractivity contribution in [1.82, 2.24) is 4.90 Å². The third-order valence-electron chi connectivity index (χ3n) is 5.93. The van der Waals surface area contributed by atoms with E-state index in [0.717, 1.165) is 25.9 Å². The van der Waals surface area contributed by atoms with Gasteiger partial charge in [-0.15, -0.1) is 0 Å². The number of carbonyl (C=O) groups is 1. The van der Waals surface area contributed by atoms with Gasteiger partial charge in [0, 0.05) is 37.5 Å². The molecule has 124 valence electrons. The smallest absolute Gasteiger partial charge is 0.225 e. The van der Waals surface area contributed by atoms with Crippen LogP contribution in [0.15, 0.2) is 30.3 Å². The third-order valence-corrected chi connectivity index (χ3v) is 5.93. The minimum Gasteiger partial charge on any atom is -0.371 e. The minimum atomic E-state index is -0.338. The zero-order valence-electron chi connectivity index (χ0n) is 14.1. The first-order valence-corrected chi connectivity index (χ1v) is 8.88. The maximum absolute atomic E-state index is 12.6. The Morgan fingerprint density at radius 1 is 1.26 bits per heavy atom. The van der Waals surface area contributed by atoms with Crippen LogP contribution in [0, 0.1) is 11.8 Å². The highest BCUT2D eigenvalue weighted by molar-refractivity contribution is 5.79. The molecule has 23 heavy (non-hydrogen) atoms. The number of para-hydroxylation sites is 1. The molecule has 3 aliphatic heterocycles. The van der Waals surface area contributed by atoms with Crippen molar-refractivity contribution in [3.05, 3.63) is 30.3 Å². The number of hydrogen-bond acceptors (Lipinski definition) is 3. The van der Waals surface area contributed by atoms with Gasteiger partial charge >= 0.3 is 0 Å². The lowest BCUT2D eigenvalue weighted by Crippen LogP contribution is -2.65. The number of nitrogens with zero attached hydrogens (tertiary/aromatic N) is 2. The van der Waals surface area contributed by atoms with Crippen LogP contribution in [-0.4, -0.2) is 42.3 Å². The summed E-state index contributed by atoms with van der Waals surface area (Å²) >= 11 is 0. The molecular formula is C19H26N2O2. The molecule has 1 aromatic rings. The van der Waals surface area contributed by atoms with Gasteiger partial charge in [0.2, 0.25) is 5.91 Å². The van der Waals surface area contributed by atoms with E-state index in [9.17, 15) is 4.79 Å². The number of piperidine rings is 2. The Morgan fingerprint density at radius 3 is 2.78 bits per heavy atom. The summed E-state index contributed by atoms with van der Waals surface area (Å²) in [6.07, 6.45) is 2.53. The average Bonchev–Trinajstić information content (AvgIpc) is 2.96. The van der Waals surface area contributed by atoms with E-state index in [4.69, 9.17) is 4.74 Å². The topological polar surface area (TPSA) is 32.8 Å². The number of anilines is 1. The van der Waals surface area contributed by atoms with Crippen molar-refractivity contribution in [2.24, 2.45) is 11.8 Å². The maximum Gasteiger partial charge on any atom is 0.225 e. The van der Waals surface area contributed by atoms with Gasteiger partial charge in [-0.2, -0.15) is 0 Å². The summed E-state index contributed by atoms with van der Waals surface area (Å²) in [4.78, 5) is 17.2. The van der Waals surface area contributed by atoms with E-state index in [2.05, 4.69) is 54.0 Å². The quantitative estimate of drug-likeness (QED) is 0.841. The van der Waals surface area contributed by atoms with Gasteiger partial charge < -0.3 is 14.5 Å². The summed E-state index contributed by atoms with van der Waals surface area (Å²) in [6, 6.07) is 10.8. The van der Waals surface area contributed by atoms with E-state index in [1.54, 1.807) is 0 Å². The largest absolute Gasteiger partial charge is 0.371 e. The van der Waals surface area contributed by atoms with Gasteiger partial charge in [0.1, 0.15) is 5.72 Å². The van der Waals surface area contributed by atoms with Gasteiger partial charge in [-0.3, -0.25) is 4.79 Å². The van der Waals surface area contributed by atoms with Gasteiger partial charge in [0.25, 0.3) is 0 Å². The number of ether oxygens (including phenoxy) is 1. The summed E-state index contributed by atoms with van der Waals surface area (Å²) < 4.78 is 6.36. The van der Waals surface area contributed by atoms with E-state index in [0.29, 0.717) is 30.8 Å². The molecule has 3 atom stereocenters. The predicted octanol–water partition coefficient (Wildman–Crippen LogP) is 2.89. The first kappa shape index (κ1) is 15.0. The van der Waals surface area contributed by atoms with Crippen molar-refractivity contribution in [3.8, 4) is 0 Å². The van der Waals surface area contributed by atoms with Crippen LogP contribution in [0.1, 0.15) is 33.1 Å². The summed E-state index contributed by atoms with van der Waals surface area (Å²) in [6.45, 7) is 7.03. The maximum atomic E-state index is 12.6. The molecule has 0 aliphatic carbocycles. The Kier molecular flexibility index (Phi) is 3.60. The van der Waals surface area contributed by atoms with Crippen molar-refractivity contribution in [2.45, 2.75) is 44.9 Å². The van der Waals surface area contributed by atoms with Crippen molar-refractivity contribution < 1.29 is 9.53 Å². The van der Waals surface area contributed by atoms with E-state index in [1.165, 1.54) is 5.69 Å². The first-order valence-electron chi connectivity index (χ1n) is 8.88. The fraction of sp³-hybridized carbons (Fsp3) is 0.632. The molecule has 3 fully saturated rings. The van der Waals surface area contributed by atoms with E-state index in [-0.39, 0.29) is 11.8 Å². The minimum absolute atomic E-state index is 0.244. The average molecular weight is 314 g/mol.